The van der Waals surface area contributed by atoms with E-state index in [9.17, 15) is 5.11 Å². The number of likely N-dealkylation sites (N-methyl/N-ethyl adjacent to an activating group) is 1. The fourth-order valence-electron chi connectivity index (χ4n) is 2.01. The summed E-state index contributed by atoms with van der Waals surface area (Å²) < 4.78 is 0. The summed E-state index contributed by atoms with van der Waals surface area (Å²) in [5.74, 6) is 0. The molecule has 1 fully saturated rings. The van der Waals surface area contributed by atoms with Crippen molar-refractivity contribution in [2.45, 2.75) is 44.8 Å². The summed E-state index contributed by atoms with van der Waals surface area (Å²) in [5.41, 5.74) is 0. The van der Waals surface area contributed by atoms with Crippen molar-refractivity contribution in [1.29, 1.82) is 0 Å². The average Bonchev–Trinajstić information content (AvgIpc) is 2.15. The lowest BCUT2D eigenvalue weighted by atomic mass is 9.91. The summed E-state index contributed by atoms with van der Waals surface area (Å²) in [7, 11) is 2.10. The van der Waals surface area contributed by atoms with Gasteiger partial charge in [0.1, 0.15) is 0 Å². The van der Waals surface area contributed by atoms with Gasteiger partial charge in [0.05, 0.1) is 6.10 Å². The quantitative estimate of drug-likeness (QED) is 0.674. The topological polar surface area (TPSA) is 23.5 Å². The van der Waals surface area contributed by atoms with Crippen molar-refractivity contribution in [2.24, 2.45) is 0 Å². The third kappa shape index (κ3) is 3.12. The Balaban J connectivity index is 2.38. The third-order valence-electron chi connectivity index (χ3n) is 2.89. The van der Waals surface area contributed by atoms with Crippen LogP contribution in [0.15, 0.2) is 12.2 Å². The summed E-state index contributed by atoms with van der Waals surface area (Å²) in [6.45, 7) is 2.99. The van der Waals surface area contributed by atoms with E-state index in [0.29, 0.717) is 6.04 Å². The minimum atomic E-state index is -0.107. The van der Waals surface area contributed by atoms with Gasteiger partial charge >= 0.3 is 0 Å². The smallest absolute Gasteiger partial charge is 0.0695 e. The van der Waals surface area contributed by atoms with E-state index in [2.05, 4.69) is 24.1 Å². The van der Waals surface area contributed by atoms with E-state index in [0.717, 1.165) is 19.4 Å². The predicted molar refractivity (Wildman–Crippen MR) is 55.7 cm³/mol. The van der Waals surface area contributed by atoms with Crippen LogP contribution in [0.2, 0.25) is 0 Å². The zero-order valence-electron chi connectivity index (χ0n) is 8.74. The molecule has 2 nitrogen and oxygen atoms in total. The molecule has 1 aliphatic rings. The molecule has 2 heteroatoms. The van der Waals surface area contributed by atoms with E-state index < -0.39 is 0 Å². The Morgan fingerprint density at radius 2 is 2.08 bits per heavy atom. The Hall–Kier alpha value is -0.340. The first kappa shape index (κ1) is 10.7. The second kappa shape index (κ2) is 5.40. The molecule has 0 saturated heterocycles. The van der Waals surface area contributed by atoms with Gasteiger partial charge in [-0.2, -0.15) is 0 Å². The molecule has 0 bridgehead atoms. The zero-order valence-corrected chi connectivity index (χ0v) is 8.74. The van der Waals surface area contributed by atoms with Crippen molar-refractivity contribution in [3.8, 4) is 0 Å². The van der Waals surface area contributed by atoms with E-state index in [1.807, 2.05) is 6.92 Å². The minimum absolute atomic E-state index is 0.107. The SMILES string of the molecule is C/C=C/CN(C)C1CCCCC1O. The van der Waals surface area contributed by atoms with Crippen LogP contribution in [0.4, 0.5) is 0 Å². The molecule has 0 aromatic carbocycles. The molecule has 1 saturated carbocycles. The van der Waals surface area contributed by atoms with Gasteiger partial charge in [-0.15, -0.1) is 0 Å². The van der Waals surface area contributed by atoms with Crippen LogP contribution in [0.3, 0.4) is 0 Å². The predicted octanol–water partition coefficient (Wildman–Crippen LogP) is 1.80. The Kier molecular flexibility index (Phi) is 4.46. The number of aliphatic hydroxyl groups excluding tert-OH is 1. The van der Waals surface area contributed by atoms with Crippen molar-refractivity contribution in [2.75, 3.05) is 13.6 Å². The molecular formula is C11H21NO. The number of nitrogens with zero attached hydrogens (tertiary/aromatic N) is 1. The molecule has 2 atom stereocenters. The van der Waals surface area contributed by atoms with Crippen molar-refractivity contribution in [1.82, 2.24) is 4.90 Å². The molecule has 1 N–H and O–H groups in total. The van der Waals surface area contributed by atoms with Gasteiger partial charge < -0.3 is 5.11 Å². The van der Waals surface area contributed by atoms with Crippen LogP contribution in [-0.2, 0) is 0 Å². The second-order valence-corrected chi connectivity index (χ2v) is 3.93. The van der Waals surface area contributed by atoms with E-state index in [-0.39, 0.29) is 6.10 Å². The maximum absolute atomic E-state index is 9.77. The van der Waals surface area contributed by atoms with Gasteiger partial charge in [0.25, 0.3) is 0 Å². The van der Waals surface area contributed by atoms with E-state index in [1.165, 1.54) is 12.8 Å². The van der Waals surface area contributed by atoms with Gasteiger partial charge in [-0.3, -0.25) is 4.90 Å². The lowest BCUT2D eigenvalue weighted by molar-refractivity contribution is 0.0373. The number of hydrogen-bond donors (Lipinski definition) is 1. The van der Waals surface area contributed by atoms with E-state index >= 15 is 0 Å². The largest absolute Gasteiger partial charge is 0.391 e. The Morgan fingerprint density at radius 1 is 1.38 bits per heavy atom. The molecule has 0 radical (unpaired) electrons. The summed E-state index contributed by atoms with van der Waals surface area (Å²) in [6.07, 6.45) is 8.67. The van der Waals surface area contributed by atoms with Crippen LogP contribution in [0.25, 0.3) is 0 Å². The molecule has 0 aliphatic heterocycles. The molecular weight excluding hydrogens is 162 g/mol. The van der Waals surface area contributed by atoms with Gasteiger partial charge in [-0.1, -0.05) is 25.0 Å². The molecule has 0 spiro atoms. The molecule has 1 aliphatic carbocycles. The first-order chi connectivity index (χ1) is 6.25. The first-order valence-electron chi connectivity index (χ1n) is 5.25. The fourth-order valence-corrected chi connectivity index (χ4v) is 2.01. The highest BCUT2D eigenvalue weighted by Crippen LogP contribution is 2.22. The highest BCUT2D eigenvalue weighted by atomic mass is 16.3. The van der Waals surface area contributed by atoms with E-state index in [4.69, 9.17) is 0 Å². The minimum Gasteiger partial charge on any atom is -0.391 e. The van der Waals surface area contributed by atoms with Gasteiger partial charge in [0.2, 0.25) is 0 Å². The molecule has 1 rings (SSSR count). The maximum Gasteiger partial charge on any atom is 0.0695 e. The van der Waals surface area contributed by atoms with E-state index in [1.54, 1.807) is 0 Å². The van der Waals surface area contributed by atoms with Crippen LogP contribution in [-0.4, -0.2) is 35.7 Å². The average molecular weight is 183 g/mol. The zero-order chi connectivity index (χ0) is 9.68. The Labute approximate surface area is 81.2 Å². The molecule has 0 heterocycles. The normalized spacial score (nSPS) is 30.2. The molecule has 76 valence electrons. The molecule has 0 aromatic rings. The lowest BCUT2D eigenvalue weighted by Gasteiger charge is -2.34. The van der Waals surface area contributed by atoms with Crippen LogP contribution < -0.4 is 0 Å². The molecule has 13 heavy (non-hydrogen) atoms. The number of aliphatic hydroxyl groups is 1. The fraction of sp³-hybridized carbons (Fsp3) is 0.818. The summed E-state index contributed by atoms with van der Waals surface area (Å²) >= 11 is 0. The van der Waals surface area contributed by atoms with Crippen LogP contribution >= 0.6 is 0 Å². The van der Waals surface area contributed by atoms with Crippen molar-refractivity contribution in [3.63, 3.8) is 0 Å². The van der Waals surface area contributed by atoms with Crippen LogP contribution in [0.5, 0.6) is 0 Å². The molecule has 2 unspecified atom stereocenters. The number of allylic oxidation sites excluding steroid dienone is 1. The monoisotopic (exact) mass is 183 g/mol. The highest BCUT2D eigenvalue weighted by Gasteiger charge is 2.25. The van der Waals surface area contributed by atoms with Crippen LogP contribution in [0, 0.1) is 0 Å². The standard InChI is InChI=1S/C11H21NO/c1-3-4-9-12(2)10-7-5-6-8-11(10)13/h3-4,10-11,13H,5-9H2,1-2H3/b4-3+. The summed E-state index contributed by atoms with van der Waals surface area (Å²) in [6, 6.07) is 0.380. The molecule has 0 aromatic heterocycles. The summed E-state index contributed by atoms with van der Waals surface area (Å²) in [5, 5.41) is 9.77. The van der Waals surface area contributed by atoms with Crippen molar-refractivity contribution >= 4 is 0 Å². The lowest BCUT2D eigenvalue weighted by Crippen LogP contribution is -2.43. The Morgan fingerprint density at radius 3 is 2.69 bits per heavy atom. The highest BCUT2D eigenvalue weighted by molar-refractivity contribution is 4.87. The first-order valence-corrected chi connectivity index (χ1v) is 5.25. The third-order valence-corrected chi connectivity index (χ3v) is 2.89. The van der Waals surface area contributed by atoms with Gasteiger partial charge in [-0.05, 0) is 26.8 Å². The van der Waals surface area contributed by atoms with Crippen LogP contribution in [0.1, 0.15) is 32.6 Å². The molecule has 0 amide bonds. The van der Waals surface area contributed by atoms with Gasteiger partial charge in [-0.25, -0.2) is 0 Å². The van der Waals surface area contributed by atoms with Crippen molar-refractivity contribution < 1.29 is 5.11 Å². The summed E-state index contributed by atoms with van der Waals surface area (Å²) in [4.78, 5) is 2.25. The van der Waals surface area contributed by atoms with Gasteiger partial charge in [0.15, 0.2) is 0 Å². The van der Waals surface area contributed by atoms with Gasteiger partial charge in [0, 0.05) is 12.6 Å². The number of rotatable bonds is 3. The van der Waals surface area contributed by atoms with Crippen molar-refractivity contribution in [3.05, 3.63) is 12.2 Å². The number of hydrogen-bond acceptors (Lipinski definition) is 2. The Bertz CT molecular complexity index is 167. The second-order valence-electron chi connectivity index (χ2n) is 3.93. The maximum atomic E-state index is 9.77.